The molecule has 2 N–H and O–H groups in total. The van der Waals surface area contributed by atoms with Crippen molar-refractivity contribution < 1.29 is 21.6 Å². The highest BCUT2D eigenvalue weighted by molar-refractivity contribution is 7.99. The smallest absolute Gasteiger partial charge is 0.369 e. The zero-order chi connectivity index (χ0) is 17.1. The first kappa shape index (κ1) is 18.2. The molecule has 0 spiro atoms. The van der Waals surface area contributed by atoms with Crippen LogP contribution in [-0.2, 0) is 9.84 Å². The van der Waals surface area contributed by atoms with E-state index in [4.69, 9.17) is 5.73 Å². The fourth-order valence-electron chi connectivity index (χ4n) is 2.24. The third-order valence-electron chi connectivity index (χ3n) is 3.42. The van der Waals surface area contributed by atoms with Gasteiger partial charge in [0.25, 0.3) is 9.84 Å². The average Bonchev–Trinajstić information content (AvgIpc) is 2.55. The Morgan fingerprint density at radius 3 is 2.52 bits per heavy atom. The summed E-state index contributed by atoms with van der Waals surface area (Å²) in [4.78, 5) is 1.15. The quantitative estimate of drug-likeness (QED) is 0.867. The molecular weight excluding hydrogens is 349 g/mol. The molecule has 128 valence electrons. The lowest BCUT2D eigenvalue weighted by Crippen LogP contribution is -2.36. The number of nitrogens with zero attached hydrogens (tertiary/aromatic N) is 1. The zero-order valence-corrected chi connectivity index (χ0v) is 13.8. The molecule has 9 heteroatoms. The summed E-state index contributed by atoms with van der Waals surface area (Å²) in [6, 6.07) is 5.45. The number of halogens is 3. The van der Waals surface area contributed by atoms with Gasteiger partial charge >= 0.3 is 5.25 Å². The fourth-order valence-corrected chi connectivity index (χ4v) is 4.49. The predicted molar refractivity (Wildman–Crippen MR) is 86.4 cm³/mol. The Kier molecular flexibility index (Phi) is 5.64. The van der Waals surface area contributed by atoms with Gasteiger partial charge in [0.15, 0.2) is 5.83 Å². The molecule has 0 bridgehead atoms. The van der Waals surface area contributed by atoms with E-state index in [1.54, 1.807) is 22.7 Å². The van der Waals surface area contributed by atoms with Gasteiger partial charge in [0.2, 0.25) is 0 Å². The first-order valence-electron chi connectivity index (χ1n) is 6.92. The van der Waals surface area contributed by atoms with Crippen molar-refractivity contribution in [1.82, 2.24) is 0 Å². The molecule has 1 aromatic carbocycles. The largest absolute Gasteiger partial charge is 0.400 e. The van der Waals surface area contributed by atoms with Gasteiger partial charge in [-0.1, -0.05) is 12.1 Å². The Hall–Kier alpha value is -1.19. The van der Waals surface area contributed by atoms with Gasteiger partial charge in [-0.05, 0) is 18.2 Å². The second kappa shape index (κ2) is 7.14. The van der Waals surface area contributed by atoms with Crippen molar-refractivity contribution >= 4 is 27.3 Å². The number of benzene rings is 1. The number of anilines is 1. The van der Waals surface area contributed by atoms with E-state index in [0.717, 1.165) is 17.6 Å². The molecule has 0 saturated carbocycles. The Labute approximate surface area is 137 Å². The third-order valence-corrected chi connectivity index (χ3v) is 6.16. The summed E-state index contributed by atoms with van der Waals surface area (Å²) in [5.41, 5.74) is 5.17. The zero-order valence-electron chi connectivity index (χ0n) is 12.2. The first-order chi connectivity index (χ1) is 10.8. The van der Waals surface area contributed by atoms with E-state index in [1.165, 1.54) is 12.1 Å². The summed E-state index contributed by atoms with van der Waals surface area (Å²) < 4.78 is 66.4. The molecule has 1 heterocycles. The summed E-state index contributed by atoms with van der Waals surface area (Å²) in [5.74, 6) is -0.512. The first-order valence-corrected chi connectivity index (χ1v) is 9.56. The molecule has 0 aromatic heterocycles. The molecule has 23 heavy (non-hydrogen) atoms. The summed E-state index contributed by atoms with van der Waals surface area (Å²) >= 11 is 1.70. The number of sulfone groups is 1. The van der Waals surface area contributed by atoms with Crippen LogP contribution in [-0.4, -0.2) is 44.8 Å². The SMILES string of the molecule is NC/C=C(\F)C(F)(F)S(=O)(=O)c1ccccc1N1CCSCC1. The van der Waals surface area contributed by atoms with Gasteiger partial charge in [0.1, 0.15) is 0 Å². The topological polar surface area (TPSA) is 63.4 Å². The molecule has 0 atom stereocenters. The Balaban J connectivity index is 2.50. The van der Waals surface area contributed by atoms with Crippen LogP contribution in [0.5, 0.6) is 0 Å². The normalized spacial score (nSPS) is 17.4. The van der Waals surface area contributed by atoms with E-state index < -0.39 is 32.4 Å². The Morgan fingerprint density at radius 1 is 1.30 bits per heavy atom. The summed E-state index contributed by atoms with van der Waals surface area (Å²) in [7, 11) is -5.22. The van der Waals surface area contributed by atoms with Gasteiger partial charge in [-0.25, -0.2) is 12.8 Å². The molecule has 1 fully saturated rings. The average molecular weight is 366 g/mol. The molecule has 4 nitrogen and oxygen atoms in total. The minimum absolute atomic E-state index is 0.174. The number of alkyl halides is 2. The monoisotopic (exact) mass is 366 g/mol. The Bertz CT molecular complexity index is 687. The summed E-state index contributed by atoms with van der Waals surface area (Å²) in [6.45, 7) is 0.579. The van der Waals surface area contributed by atoms with Gasteiger partial charge in [0.05, 0.1) is 10.6 Å². The second-order valence-corrected chi connectivity index (χ2v) is 8.06. The van der Waals surface area contributed by atoms with Crippen molar-refractivity contribution in [2.24, 2.45) is 5.73 Å². The van der Waals surface area contributed by atoms with Crippen molar-refractivity contribution in [1.29, 1.82) is 0 Å². The van der Waals surface area contributed by atoms with E-state index in [9.17, 15) is 21.6 Å². The molecule has 1 aliphatic rings. The van der Waals surface area contributed by atoms with Crippen LogP contribution in [0.3, 0.4) is 0 Å². The van der Waals surface area contributed by atoms with E-state index >= 15 is 0 Å². The molecule has 0 unspecified atom stereocenters. The van der Waals surface area contributed by atoms with E-state index in [0.29, 0.717) is 19.2 Å². The molecule has 1 aliphatic heterocycles. The maximum atomic E-state index is 14.1. The number of hydrogen-bond donors (Lipinski definition) is 1. The van der Waals surface area contributed by atoms with Crippen molar-refractivity contribution in [3.05, 3.63) is 36.2 Å². The van der Waals surface area contributed by atoms with E-state index in [-0.39, 0.29) is 5.69 Å². The lowest BCUT2D eigenvalue weighted by Gasteiger charge is -2.30. The van der Waals surface area contributed by atoms with Crippen molar-refractivity contribution in [3.8, 4) is 0 Å². The highest BCUT2D eigenvalue weighted by Gasteiger charge is 2.51. The standard InChI is InChI=1S/C14H17F3N2O2S2/c15-13(5-6-18)14(16,17)23(20,21)12-4-2-1-3-11(12)19-7-9-22-10-8-19/h1-5H,6-10,18H2/b13-5-. The highest BCUT2D eigenvalue weighted by Crippen LogP contribution is 2.40. The second-order valence-electron chi connectivity index (χ2n) is 4.88. The maximum Gasteiger partial charge on any atom is 0.400 e. The summed E-state index contributed by atoms with van der Waals surface area (Å²) in [6.07, 6.45) is 0.373. The summed E-state index contributed by atoms with van der Waals surface area (Å²) in [5, 5.41) is -4.65. The van der Waals surface area contributed by atoms with Gasteiger partial charge in [0, 0.05) is 31.1 Å². The lowest BCUT2D eigenvalue weighted by atomic mass is 10.3. The lowest BCUT2D eigenvalue weighted by molar-refractivity contribution is 0.105. The van der Waals surface area contributed by atoms with Crippen LogP contribution in [0.2, 0.25) is 0 Å². The van der Waals surface area contributed by atoms with Gasteiger partial charge in [-0.15, -0.1) is 0 Å². The predicted octanol–water partition coefficient (Wildman–Crippen LogP) is 2.42. The molecule has 2 rings (SSSR count). The van der Waals surface area contributed by atoms with Crippen LogP contribution in [0.4, 0.5) is 18.9 Å². The Morgan fingerprint density at radius 2 is 1.91 bits per heavy atom. The van der Waals surface area contributed by atoms with Crippen molar-refractivity contribution in [3.63, 3.8) is 0 Å². The highest BCUT2D eigenvalue weighted by atomic mass is 32.2. The van der Waals surface area contributed by atoms with Crippen LogP contribution in [0.25, 0.3) is 0 Å². The minimum atomic E-state index is -5.22. The van der Waals surface area contributed by atoms with Gasteiger partial charge < -0.3 is 10.6 Å². The number of rotatable bonds is 5. The fraction of sp³-hybridized carbons (Fsp3) is 0.429. The van der Waals surface area contributed by atoms with Crippen molar-refractivity contribution in [2.45, 2.75) is 10.2 Å². The van der Waals surface area contributed by atoms with Crippen LogP contribution >= 0.6 is 11.8 Å². The molecule has 0 aliphatic carbocycles. The molecular formula is C14H17F3N2O2S2. The number of nitrogens with two attached hydrogens (primary N) is 1. The molecule has 0 radical (unpaired) electrons. The van der Waals surface area contributed by atoms with Crippen LogP contribution in [0.1, 0.15) is 0 Å². The third kappa shape index (κ3) is 3.51. The maximum absolute atomic E-state index is 14.1. The molecule has 0 amide bonds. The van der Waals surface area contributed by atoms with Gasteiger partial charge in [-0.3, -0.25) is 0 Å². The van der Waals surface area contributed by atoms with Crippen LogP contribution < -0.4 is 10.6 Å². The number of para-hydroxylation sites is 1. The minimum Gasteiger partial charge on any atom is -0.369 e. The van der Waals surface area contributed by atoms with E-state index in [1.807, 2.05) is 0 Å². The number of hydrogen-bond acceptors (Lipinski definition) is 5. The van der Waals surface area contributed by atoms with E-state index in [2.05, 4.69) is 0 Å². The van der Waals surface area contributed by atoms with Crippen LogP contribution in [0, 0.1) is 0 Å². The molecule has 1 aromatic rings. The van der Waals surface area contributed by atoms with Crippen LogP contribution in [0.15, 0.2) is 41.1 Å². The molecule has 1 saturated heterocycles. The van der Waals surface area contributed by atoms with Gasteiger partial charge in [-0.2, -0.15) is 20.5 Å². The number of thioether (sulfide) groups is 1. The van der Waals surface area contributed by atoms with Crippen molar-refractivity contribution in [2.75, 3.05) is 36.0 Å².